The molecule has 0 unspecified atom stereocenters. The number of nitrogens with zero attached hydrogens (tertiary/aromatic N) is 2. The molecule has 0 fully saturated rings. The van der Waals surface area contributed by atoms with Crippen LogP contribution in [-0.4, -0.2) is 21.3 Å². The molecule has 172 valence electrons. The van der Waals surface area contributed by atoms with E-state index in [-0.39, 0.29) is 33.9 Å². The Labute approximate surface area is 193 Å². The van der Waals surface area contributed by atoms with Gasteiger partial charge >= 0.3 is 5.76 Å². The molecule has 34 heavy (non-hydrogen) atoms. The number of non-ortho nitro benzene ring substituents is 1. The lowest BCUT2D eigenvalue weighted by atomic mass is 10.1. The molecule has 0 saturated heterocycles. The fourth-order valence-corrected chi connectivity index (χ4v) is 3.43. The van der Waals surface area contributed by atoms with Gasteiger partial charge in [0.25, 0.3) is 11.6 Å². The third kappa shape index (κ3) is 4.85. The van der Waals surface area contributed by atoms with Crippen LogP contribution in [0.3, 0.4) is 0 Å². The number of para-hydroxylation sites is 1. The zero-order valence-electron chi connectivity index (χ0n) is 18.1. The van der Waals surface area contributed by atoms with Crippen LogP contribution in [0.5, 0.6) is 0 Å². The maximum absolute atomic E-state index is 12.7. The molecule has 0 atom stereocenters. The number of oxazole rings is 1. The number of benzene rings is 3. The van der Waals surface area contributed by atoms with Crippen molar-refractivity contribution in [3.63, 3.8) is 0 Å². The van der Waals surface area contributed by atoms with Crippen LogP contribution in [0, 0.1) is 17.0 Å². The van der Waals surface area contributed by atoms with Crippen LogP contribution in [0.1, 0.15) is 21.5 Å². The number of anilines is 1. The lowest BCUT2D eigenvalue weighted by Gasteiger charge is -2.12. The molecule has 10 heteroatoms. The zero-order chi connectivity index (χ0) is 24.2. The van der Waals surface area contributed by atoms with Gasteiger partial charge in [-0.25, -0.2) is 4.79 Å². The first-order valence-corrected chi connectivity index (χ1v) is 10.3. The molecule has 4 aromatic rings. The fourth-order valence-electron chi connectivity index (χ4n) is 3.43. The van der Waals surface area contributed by atoms with Gasteiger partial charge in [-0.15, -0.1) is 0 Å². The number of fused-ring (bicyclic) bond motifs is 1. The SMILES string of the molecule is Cc1ccc(CNC(=O)c2ccccc2NC(=O)Cn2c(=O)oc3cc([N+](=O)[O-])ccc32)cc1. The molecule has 0 aliphatic heterocycles. The molecule has 4 rings (SSSR count). The molecule has 1 aromatic heterocycles. The summed E-state index contributed by atoms with van der Waals surface area (Å²) in [4.78, 5) is 47.9. The third-order valence-electron chi connectivity index (χ3n) is 5.18. The van der Waals surface area contributed by atoms with Gasteiger partial charge in [-0.3, -0.25) is 24.3 Å². The molecular formula is C24H20N4O6. The molecule has 0 aliphatic carbocycles. The summed E-state index contributed by atoms with van der Waals surface area (Å²) in [7, 11) is 0. The van der Waals surface area contributed by atoms with Crippen molar-refractivity contribution in [3.05, 3.63) is 104 Å². The number of aryl methyl sites for hydroxylation is 1. The van der Waals surface area contributed by atoms with Crippen molar-refractivity contribution >= 4 is 34.3 Å². The van der Waals surface area contributed by atoms with E-state index in [1.54, 1.807) is 24.3 Å². The van der Waals surface area contributed by atoms with Crippen LogP contribution in [-0.2, 0) is 17.9 Å². The van der Waals surface area contributed by atoms with Gasteiger partial charge in [-0.1, -0.05) is 42.0 Å². The van der Waals surface area contributed by atoms with Gasteiger partial charge < -0.3 is 15.1 Å². The Balaban J connectivity index is 1.48. The molecule has 1 heterocycles. The van der Waals surface area contributed by atoms with E-state index in [0.29, 0.717) is 6.54 Å². The van der Waals surface area contributed by atoms with E-state index in [2.05, 4.69) is 10.6 Å². The number of amides is 2. The Morgan fingerprint density at radius 3 is 2.53 bits per heavy atom. The lowest BCUT2D eigenvalue weighted by molar-refractivity contribution is -0.384. The third-order valence-corrected chi connectivity index (χ3v) is 5.18. The normalized spacial score (nSPS) is 10.7. The van der Waals surface area contributed by atoms with Crippen LogP contribution in [0.4, 0.5) is 11.4 Å². The Hall–Kier alpha value is -4.73. The van der Waals surface area contributed by atoms with Crippen molar-refractivity contribution in [3.8, 4) is 0 Å². The van der Waals surface area contributed by atoms with E-state index in [4.69, 9.17) is 4.42 Å². The first-order valence-electron chi connectivity index (χ1n) is 10.3. The van der Waals surface area contributed by atoms with Gasteiger partial charge in [0.1, 0.15) is 6.54 Å². The highest BCUT2D eigenvalue weighted by Crippen LogP contribution is 2.20. The summed E-state index contributed by atoms with van der Waals surface area (Å²) in [5, 5.41) is 16.4. The van der Waals surface area contributed by atoms with E-state index >= 15 is 0 Å². The maximum Gasteiger partial charge on any atom is 0.420 e. The zero-order valence-corrected chi connectivity index (χ0v) is 18.1. The van der Waals surface area contributed by atoms with Crippen LogP contribution >= 0.6 is 0 Å². The highest BCUT2D eigenvalue weighted by Gasteiger charge is 2.18. The second-order valence-corrected chi connectivity index (χ2v) is 7.63. The molecule has 0 radical (unpaired) electrons. The van der Waals surface area contributed by atoms with Crippen LogP contribution in [0.15, 0.2) is 75.9 Å². The first kappa shape index (κ1) is 22.5. The van der Waals surface area contributed by atoms with Crippen LogP contribution in [0.2, 0.25) is 0 Å². The quantitative estimate of drug-likeness (QED) is 0.320. The number of aromatic nitrogens is 1. The summed E-state index contributed by atoms with van der Waals surface area (Å²) >= 11 is 0. The number of nitrogens with one attached hydrogen (secondary N) is 2. The number of hydrogen-bond donors (Lipinski definition) is 2. The van der Waals surface area contributed by atoms with Gasteiger partial charge in [-0.2, -0.15) is 0 Å². The minimum absolute atomic E-state index is 0.00267. The lowest BCUT2D eigenvalue weighted by Crippen LogP contribution is -2.27. The Morgan fingerprint density at radius 2 is 1.79 bits per heavy atom. The molecule has 2 N–H and O–H groups in total. The number of rotatable bonds is 7. The number of nitro groups is 1. The Bertz CT molecular complexity index is 1450. The van der Waals surface area contributed by atoms with Crippen LogP contribution < -0.4 is 16.4 Å². The summed E-state index contributed by atoms with van der Waals surface area (Å²) in [5.41, 5.74) is 2.62. The summed E-state index contributed by atoms with van der Waals surface area (Å²) in [6, 6.07) is 18.0. The van der Waals surface area contributed by atoms with Gasteiger partial charge in [0, 0.05) is 12.6 Å². The number of carbonyl (C=O) groups is 2. The fraction of sp³-hybridized carbons (Fsp3) is 0.125. The molecule has 10 nitrogen and oxygen atoms in total. The topological polar surface area (TPSA) is 136 Å². The maximum atomic E-state index is 12.7. The van der Waals surface area contributed by atoms with E-state index in [1.807, 2.05) is 31.2 Å². The summed E-state index contributed by atoms with van der Waals surface area (Å²) < 4.78 is 6.11. The number of nitro benzene ring substituents is 1. The summed E-state index contributed by atoms with van der Waals surface area (Å²) in [6.07, 6.45) is 0. The highest BCUT2D eigenvalue weighted by atomic mass is 16.6. The van der Waals surface area contributed by atoms with Gasteiger partial charge in [-0.05, 0) is 30.7 Å². The average molecular weight is 460 g/mol. The van der Waals surface area contributed by atoms with Crippen molar-refractivity contribution < 1.29 is 18.9 Å². The molecule has 0 spiro atoms. The predicted octanol–water partition coefficient (Wildman–Crippen LogP) is 3.38. The number of hydrogen-bond acceptors (Lipinski definition) is 6. The average Bonchev–Trinajstić information content (AvgIpc) is 3.12. The molecule has 3 aromatic carbocycles. The highest BCUT2D eigenvalue weighted by molar-refractivity contribution is 6.03. The predicted molar refractivity (Wildman–Crippen MR) is 125 cm³/mol. The monoisotopic (exact) mass is 460 g/mol. The van der Waals surface area contributed by atoms with Crippen LogP contribution in [0.25, 0.3) is 11.1 Å². The summed E-state index contributed by atoms with van der Waals surface area (Å²) in [5.74, 6) is -1.76. The minimum Gasteiger partial charge on any atom is -0.407 e. The Kier molecular flexibility index (Phi) is 6.22. The Morgan fingerprint density at radius 1 is 1.06 bits per heavy atom. The van der Waals surface area contributed by atoms with E-state index in [1.165, 1.54) is 12.1 Å². The molecular weight excluding hydrogens is 440 g/mol. The molecule has 0 saturated carbocycles. The number of carbonyl (C=O) groups excluding carboxylic acids is 2. The van der Waals surface area contributed by atoms with Crippen molar-refractivity contribution in [2.75, 3.05) is 5.32 Å². The van der Waals surface area contributed by atoms with Crippen molar-refractivity contribution in [1.29, 1.82) is 0 Å². The van der Waals surface area contributed by atoms with Gasteiger partial charge in [0.05, 0.1) is 27.8 Å². The van der Waals surface area contributed by atoms with E-state index in [0.717, 1.165) is 21.8 Å². The van der Waals surface area contributed by atoms with Crippen molar-refractivity contribution in [2.45, 2.75) is 20.0 Å². The van der Waals surface area contributed by atoms with Gasteiger partial charge in [0.2, 0.25) is 5.91 Å². The smallest absolute Gasteiger partial charge is 0.407 e. The van der Waals surface area contributed by atoms with E-state index in [9.17, 15) is 24.5 Å². The summed E-state index contributed by atoms with van der Waals surface area (Å²) in [6.45, 7) is 1.90. The minimum atomic E-state index is -0.824. The second-order valence-electron chi connectivity index (χ2n) is 7.63. The first-order chi connectivity index (χ1) is 16.3. The van der Waals surface area contributed by atoms with Crippen molar-refractivity contribution in [2.24, 2.45) is 0 Å². The van der Waals surface area contributed by atoms with Crippen molar-refractivity contribution in [1.82, 2.24) is 9.88 Å². The molecule has 0 bridgehead atoms. The molecule has 0 aliphatic rings. The second kappa shape index (κ2) is 9.41. The van der Waals surface area contributed by atoms with E-state index < -0.39 is 23.1 Å². The standard InChI is InChI=1S/C24H20N4O6/c1-15-6-8-16(9-7-15)13-25-23(30)18-4-2-3-5-19(18)26-22(29)14-27-20-11-10-17(28(32)33)12-21(20)34-24(27)31/h2-12H,13-14H2,1H3,(H,25,30)(H,26,29). The molecule has 2 amide bonds. The largest absolute Gasteiger partial charge is 0.420 e. The van der Waals surface area contributed by atoms with Gasteiger partial charge in [0.15, 0.2) is 5.58 Å².